The summed E-state index contributed by atoms with van der Waals surface area (Å²) in [6.45, 7) is 1.82. The summed E-state index contributed by atoms with van der Waals surface area (Å²) in [5, 5.41) is 2.48. The number of anilines is 1. The summed E-state index contributed by atoms with van der Waals surface area (Å²) in [4.78, 5) is 19.5. The van der Waals surface area contributed by atoms with Crippen molar-refractivity contribution in [2.24, 2.45) is 0 Å². The van der Waals surface area contributed by atoms with E-state index in [0.29, 0.717) is 11.6 Å². The van der Waals surface area contributed by atoms with Gasteiger partial charge in [0.25, 0.3) is 0 Å². The van der Waals surface area contributed by atoms with E-state index in [9.17, 15) is 4.79 Å². The average Bonchev–Trinajstić information content (AvgIpc) is 2.33. The van der Waals surface area contributed by atoms with Gasteiger partial charge in [-0.2, -0.15) is 0 Å². The molecule has 1 amide bonds. The molecule has 1 aromatic carbocycles. The van der Waals surface area contributed by atoms with Gasteiger partial charge >= 0.3 is 6.09 Å². The van der Waals surface area contributed by atoms with E-state index < -0.39 is 6.09 Å². The molecule has 1 aromatic heterocycles. The maximum atomic E-state index is 11.5. The molecular weight excluding hydrogens is 218 g/mol. The number of carbonyl (C=O) groups is 1. The summed E-state index contributed by atoms with van der Waals surface area (Å²) in [6.07, 6.45) is 2.45. The van der Waals surface area contributed by atoms with Gasteiger partial charge in [0.05, 0.1) is 18.1 Å². The van der Waals surface area contributed by atoms with Gasteiger partial charge in [-0.05, 0) is 19.1 Å². The van der Waals surface area contributed by atoms with Gasteiger partial charge in [0.15, 0.2) is 5.82 Å². The van der Waals surface area contributed by atoms with E-state index in [1.165, 1.54) is 6.20 Å². The van der Waals surface area contributed by atoms with Gasteiger partial charge in [-0.3, -0.25) is 10.3 Å². The molecule has 1 N–H and O–H groups in total. The minimum Gasteiger partial charge on any atom is -0.410 e. The molecule has 0 spiro atoms. The quantitative estimate of drug-likeness (QED) is 0.858. The van der Waals surface area contributed by atoms with Crippen LogP contribution in [0.25, 0.3) is 0 Å². The molecule has 5 heteroatoms. The van der Waals surface area contributed by atoms with Crippen molar-refractivity contribution in [1.82, 2.24) is 9.97 Å². The van der Waals surface area contributed by atoms with Crippen LogP contribution in [0.5, 0.6) is 5.75 Å². The van der Waals surface area contributed by atoms with Crippen molar-refractivity contribution in [3.63, 3.8) is 0 Å². The van der Waals surface area contributed by atoms with Gasteiger partial charge < -0.3 is 4.74 Å². The van der Waals surface area contributed by atoms with Crippen LogP contribution in [0, 0.1) is 6.92 Å². The molecule has 2 rings (SSSR count). The van der Waals surface area contributed by atoms with E-state index in [0.717, 1.165) is 5.69 Å². The number of rotatable bonds is 2. The van der Waals surface area contributed by atoms with Crippen molar-refractivity contribution >= 4 is 11.9 Å². The normalized spacial score (nSPS) is 9.71. The van der Waals surface area contributed by atoms with E-state index in [1.54, 1.807) is 30.5 Å². The molecule has 0 saturated heterocycles. The number of nitrogens with one attached hydrogen (secondary N) is 1. The largest absolute Gasteiger partial charge is 0.418 e. The summed E-state index contributed by atoms with van der Waals surface area (Å²) >= 11 is 0. The first kappa shape index (κ1) is 11.1. The number of nitrogens with zero attached hydrogens (tertiary/aromatic N) is 2. The Morgan fingerprint density at radius 3 is 2.59 bits per heavy atom. The maximum absolute atomic E-state index is 11.5. The van der Waals surface area contributed by atoms with Crippen molar-refractivity contribution < 1.29 is 9.53 Å². The number of para-hydroxylation sites is 1. The zero-order valence-electron chi connectivity index (χ0n) is 9.25. The topological polar surface area (TPSA) is 64.1 Å². The lowest BCUT2D eigenvalue weighted by Gasteiger charge is -2.05. The number of benzene rings is 1. The molecule has 17 heavy (non-hydrogen) atoms. The zero-order chi connectivity index (χ0) is 12.1. The monoisotopic (exact) mass is 229 g/mol. The van der Waals surface area contributed by atoms with E-state index in [1.807, 2.05) is 13.0 Å². The van der Waals surface area contributed by atoms with E-state index >= 15 is 0 Å². The Hall–Kier alpha value is -2.43. The van der Waals surface area contributed by atoms with Crippen LogP contribution in [0.4, 0.5) is 10.6 Å². The molecule has 5 nitrogen and oxygen atoms in total. The number of aryl methyl sites for hydroxylation is 1. The summed E-state index contributed by atoms with van der Waals surface area (Å²) in [6, 6.07) is 8.81. The standard InChI is InChI=1S/C12H11N3O2/c1-9-7-14-11(8-13-9)15-12(16)17-10-5-3-2-4-6-10/h2-8H,1H3,(H,14,15,16). The molecule has 86 valence electrons. The Morgan fingerprint density at radius 2 is 1.94 bits per heavy atom. The third-order valence-corrected chi connectivity index (χ3v) is 1.96. The van der Waals surface area contributed by atoms with Crippen molar-refractivity contribution in [2.75, 3.05) is 5.32 Å². The van der Waals surface area contributed by atoms with Crippen LogP contribution in [-0.4, -0.2) is 16.1 Å². The van der Waals surface area contributed by atoms with Crippen LogP contribution in [0.1, 0.15) is 5.69 Å². The fourth-order valence-electron chi connectivity index (χ4n) is 1.18. The molecule has 0 bridgehead atoms. The van der Waals surface area contributed by atoms with Gasteiger partial charge in [-0.25, -0.2) is 9.78 Å². The molecule has 0 saturated carbocycles. The average molecular weight is 229 g/mol. The minimum atomic E-state index is -0.589. The Balaban J connectivity index is 1.96. The Labute approximate surface area is 98.5 Å². The number of carbonyl (C=O) groups excluding carboxylic acids is 1. The number of hydrogen-bond acceptors (Lipinski definition) is 4. The molecular formula is C12H11N3O2. The van der Waals surface area contributed by atoms with Crippen LogP contribution in [0.2, 0.25) is 0 Å². The summed E-state index contributed by atoms with van der Waals surface area (Å²) < 4.78 is 5.03. The fraction of sp³-hybridized carbons (Fsp3) is 0.0833. The highest BCUT2D eigenvalue weighted by atomic mass is 16.6. The van der Waals surface area contributed by atoms with Gasteiger partial charge in [0.2, 0.25) is 0 Å². The lowest BCUT2D eigenvalue weighted by atomic mass is 10.3. The predicted molar refractivity (Wildman–Crippen MR) is 62.9 cm³/mol. The first-order valence-corrected chi connectivity index (χ1v) is 5.06. The first-order chi connectivity index (χ1) is 8.24. The van der Waals surface area contributed by atoms with Crippen LogP contribution in [-0.2, 0) is 0 Å². The van der Waals surface area contributed by atoms with Gasteiger partial charge in [0, 0.05) is 0 Å². The predicted octanol–water partition coefficient (Wildman–Crippen LogP) is 2.40. The third-order valence-electron chi connectivity index (χ3n) is 1.96. The summed E-state index contributed by atoms with van der Waals surface area (Å²) in [5.41, 5.74) is 0.784. The van der Waals surface area contributed by atoms with Gasteiger partial charge in [-0.1, -0.05) is 18.2 Å². The van der Waals surface area contributed by atoms with Crippen molar-refractivity contribution in [1.29, 1.82) is 0 Å². The summed E-state index contributed by atoms with van der Waals surface area (Å²) in [5.74, 6) is 0.835. The Kier molecular flexibility index (Phi) is 3.30. The highest BCUT2D eigenvalue weighted by molar-refractivity contribution is 5.84. The van der Waals surface area contributed by atoms with Crippen molar-refractivity contribution in [3.8, 4) is 5.75 Å². The lowest BCUT2D eigenvalue weighted by molar-refractivity contribution is 0.215. The Morgan fingerprint density at radius 1 is 1.18 bits per heavy atom. The zero-order valence-corrected chi connectivity index (χ0v) is 9.25. The minimum absolute atomic E-state index is 0.358. The second-order valence-corrected chi connectivity index (χ2v) is 3.37. The highest BCUT2D eigenvalue weighted by Crippen LogP contribution is 2.09. The molecule has 2 aromatic rings. The molecule has 0 aliphatic carbocycles. The van der Waals surface area contributed by atoms with Crippen LogP contribution in [0.15, 0.2) is 42.7 Å². The molecule has 0 unspecified atom stereocenters. The van der Waals surface area contributed by atoms with Gasteiger partial charge in [-0.15, -0.1) is 0 Å². The number of amides is 1. The summed E-state index contributed by atoms with van der Waals surface area (Å²) in [7, 11) is 0. The van der Waals surface area contributed by atoms with Crippen molar-refractivity contribution in [2.45, 2.75) is 6.92 Å². The SMILES string of the molecule is Cc1cnc(NC(=O)Oc2ccccc2)cn1. The van der Waals surface area contributed by atoms with E-state index in [4.69, 9.17) is 4.74 Å². The number of ether oxygens (including phenoxy) is 1. The van der Waals surface area contributed by atoms with Crippen LogP contribution >= 0.6 is 0 Å². The fourth-order valence-corrected chi connectivity index (χ4v) is 1.18. The first-order valence-electron chi connectivity index (χ1n) is 5.06. The van der Waals surface area contributed by atoms with Gasteiger partial charge in [0.1, 0.15) is 5.75 Å². The van der Waals surface area contributed by atoms with Crippen molar-refractivity contribution in [3.05, 3.63) is 48.4 Å². The lowest BCUT2D eigenvalue weighted by Crippen LogP contribution is -2.17. The molecule has 1 heterocycles. The van der Waals surface area contributed by atoms with E-state index in [2.05, 4.69) is 15.3 Å². The molecule has 0 radical (unpaired) electrons. The van der Waals surface area contributed by atoms with Crippen LogP contribution in [0.3, 0.4) is 0 Å². The molecule has 0 aliphatic rings. The van der Waals surface area contributed by atoms with E-state index in [-0.39, 0.29) is 0 Å². The Bertz CT molecular complexity index is 497. The molecule has 0 aliphatic heterocycles. The maximum Gasteiger partial charge on any atom is 0.418 e. The molecule has 0 fully saturated rings. The highest BCUT2D eigenvalue weighted by Gasteiger charge is 2.05. The second-order valence-electron chi connectivity index (χ2n) is 3.37. The third kappa shape index (κ3) is 3.27. The van der Waals surface area contributed by atoms with Crippen LogP contribution < -0.4 is 10.1 Å². The second kappa shape index (κ2) is 5.07. The number of hydrogen-bond donors (Lipinski definition) is 1. The molecule has 0 atom stereocenters. The number of aromatic nitrogens is 2. The smallest absolute Gasteiger partial charge is 0.410 e.